The molecule has 0 fully saturated rings. The van der Waals surface area contributed by atoms with Crippen LogP contribution in [0.4, 0.5) is 4.39 Å². The molecule has 0 spiro atoms. The molecule has 0 saturated heterocycles. The van der Waals surface area contributed by atoms with Crippen molar-refractivity contribution in [3.8, 4) is 0 Å². The van der Waals surface area contributed by atoms with Crippen LogP contribution in [-0.2, 0) is 0 Å². The molecule has 2 rings (SSSR count). The zero-order chi connectivity index (χ0) is 14.5. The number of rotatable bonds is 5. The summed E-state index contributed by atoms with van der Waals surface area (Å²) in [7, 11) is 3.82. The number of halogens is 1. The van der Waals surface area contributed by atoms with Crippen molar-refractivity contribution in [3.05, 3.63) is 58.0 Å². The summed E-state index contributed by atoms with van der Waals surface area (Å²) in [5.41, 5.74) is 1.51. The first-order chi connectivity index (χ1) is 9.58. The molecule has 106 valence electrons. The number of likely N-dealkylation sites (N-methyl/N-ethyl adjacent to an activating group) is 1. The number of hydrogen-bond donors (Lipinski definition) is 1. The van der Waals surface area contributed by atoms with E-state index < -0.39 is 0 Å². The van der Waals surface area contributed by atoms with E-state index in [0.717, 1.165) is 5.56 Å². The lowest BCUT2D eigenvalue weighted by atomic mass is 10.1. The van der Waals surface area contributed by atoms with Crippen molar-refractivity contribution in [1.82, 2.24) is 10.2 Å². The molecule has 3 nitrogen and oxygen atoms in total. The number of thiophene rings is 1. The van der Waals surface area contributed by atoms with Crippen molar-refractivity contribution in [3.63, 3.8) is 0 Å². The van der Waals surface area contributed by atoms with E-state index in [1.54, 1.807) is 12.1 Å². The maximum atomic E-state index is 13.3. The molecule has 1 N–H and O–H groups in total. The van der Waals surface area contributed by atoms with Crippen LogP contribution >= 0.6 is 11.3 Å². The number of nitrogens with one attached hydrogen (secondary N) is 1. The Kier molecular flexibility index (Phi) is 4.87. The van der Waals surface area contributed by atoms with Gasteiger partial charge in [0.25, 0.3) is 5.91 Å². The summed E-state index contributed by atoms with van der Waals surface area (Å²) in [5.74, 6) is -0.368. The Bertz CT molecular complexity index is 569. The molecule has 0 bridgehead atoms. The van der Waals surface area contributed by atoms with Crippen LogP contribution in [0.2, 0.25) is 0 Å². The topological polar surface area (TPSA) is 32.3 Å². The fourth-order valence-corrected chi connectivity index (χ4v) is 2.63. The molecule has 1 aromatic carbocycles. The lowest BCUT2D eigenvalue weighted by Gasteiger charge is -2.25. The van der Waals surface area contributed by atoms with Crippen LogP contribution in [0.15, 0.2) is 41.1 Å². The van der Waals surface area contributed by atoms with Gasteiger partial charge in [-0.15, -0.1) is 0 Å². The minimum absolute atomic E-state index is 0.0618. The van der Waals surface area contributed by atoms with Gasteiger partial charge in [0, 0.05) is 17.5 Å². The normalized spacial score (nSPS) is 12.4. The van der Waals surface area contributed by atoms with Crippen LogP contribution in [-0.4, -0.2) is 31.4 Å². The Hall–Kier alpha value is -1.72. The first-order valence-corrected chi connectivity index (χ1v) is 7.24. The summed E-state index contributed by atoms with van der Waals surface area (Å²) in [6.45, 7) is 0.436. The number of carbonyl (C=O) groups excluding carboxylic acids is 1. The van der Waals surface area contributed by atoms with E-state index in [0.29, 0.717) is 12.1 Å². The lowest BCUT2D eigenvalue weighted by Crippen LogP contribution is -2.34. The minimum Gasteiger partial charge on any atom is -0.350 e. The monoisotopic (exact) mass is 292 g/mol. The third kappa shape index (κ3) is 3.65. The van der Waals surface area contributed by atoms with E-state index in [1.165, 1.54) is 23.5 Å². The van der Waals surface area contributed by atoms with Crippen LogP contribution in [0.1, 0.15) is 22.0 Å². The van der Waals surface area contributed by atoms with Crippen LogP contribution in [0.25, 0.3) is 0 Å². The second-order valence-electron chi connectivity index (χ2n) is 4.76. The van der Waals surface area contributed by atoms with Gasteiger partial charge in [-0.25, -0.2) is 4.39 Å². The van der Waals surface area contributed by atoms with Gasteiger partial charge in [-0.1, -0.05) is 12.1 Å². The number of nitrogens with zero attached hydrogens (tertiary/aromatic N) is 1. The molecule has 1 aromatic heterocycles. The minimum atomic E-state index is -0.265. The lowest BCUT2D eigenvalue weighted by molar-refractivity contribution is 0.0942. The SMILES string of the molecule is CN(C)C(CNC(=O)c1ccsc1)c1cccc(F)c1. The Balaban J connectivity index is 2.05. The third-order valence-corrected chi connectivity index (χ3v) is 3.78. The number of carbonyl (C=O) groups is 1. The highest BCUT2D eigenvalue weighted by Gasteiger charge is 2.16. The van der Waals surface area contributed by atoms with Crippen LogP contribution in [0.3, 0.4) is 0 Å². The van der Waals surface area contributed by atoms with Crippen molar-refractivity contribution in [2.24, 2.45) is 0 Å². The maximum absolute atomic E-state index is 13.3. The van der Waals surface area contributed by atoms with Crippen LogP contribution < -0.4 is 5.32 Å². The zero-order valence-electron chi connectivity index (χ0n) is 11.5. The summed E-state index contributed by atoms with van der Waals surface area (Å²) in [6.07, 6.45) is 0. The smallest absolute Gasteiger partial charge is 0.252 e. The predicted octanol–water partition coefficient (Wildman–Crippen LogP) is 2.92. The van der Waals surface area contributed by atoms with Gasteiger partial charge < -0.3 is 10.2 Å². The quantitative estimate of drug-likeness (QED) is 0.919. The van der Waals surface area contributed by atoms with Crippen LogP contribution in [0.5, 0.6) is 0 Å². The van der Waals surface area contributed by atoms with Gasteiger partial charge in [0.05, 0.1) is 6.04 Å². The molecule has 1 unspecified atom stereocenters. The summed E-state index contributed by atoms with van der Waals surface area (Å²) in [4.78, 5) is 13.9. The summed E-state index contributed by atoms with van der Waals surface area (Å²) in [6, 6.07) is 8.19. The average Bonchev–Trinajstić information content (AvgIpc) is 2.92. The molecule has 5 heteroatoms. The highest BCUT2D eigenvalue weighted by atomic mass is 32.1. The van der Waals surface area contributed by atoms with Gasteiger partial charge in [-0.05, 0) is 43.2 Å². The van der Waals surface area contributed by atoms with E-state index in [4.69, 9.17) is 0 Å². The summed E-state index contributed by atoms with van der Waals surface area (Å²) < 4.78 is 13.3. The van der Waals surface area contributed by atoms with Crippen molar-refractivity contribution >= 4 is 17.2 Å². The first-order valence-electron chi connectivity index (χ1n) is 6.30. The molecule has 0 aliphatic heterocycles. The van der Waals surface area contributed by atoms with E-state index in [1.807, 2.05) is 35.8 Å². The van der Waals surface area contributed by atoms with Crippen LogP contribution in [0, 0.1) is 5.82 Å². The molecule has 0 aliphatic rings. The number of amides is 1. The van der Waals surface area contributed by atoms with E-state index in [-0.39, 0.29) is 17.8 Å². The van der Waals surface area contributed by atoms with Gasteiger partial charge in [0.15, 0.2) is 0 Å². The van der Waals surface area contributed by atoms with E-state index in [2.05, 4.69) is 5.32 Å². The molecular weight excluding hydrogens is 275 g/mol. The van der Waals surface area contributed by atoms with Crippen molar-refractivity contribution in [2.45, 2.75) is 6.04 Å². The fraction of sp³-hybridized carbons (Fsp3) is 0.267. The molecular formula is C15H17FN2OS. The van der Waals surface area contributed by atoms with E-state index in [9.17, 15) is 9.18 Å². The highest BCUT2D eigenvalue weighted by Crippen LogP contribution is 2.18. The molecule has 1 atom stereocenters. The van der Waals surface area contributed by atoms with Crippen molar-refractivity contribution in [2.75, 3.05) is 20.6 Å². The Morgan fingerprint density at radius 1 is 1.40 bits per heavy atom. The second-order valence-corrected chi connectivity index (χ2v) is 5.54. The molecule has 1 amide bonds. The first kappa shape index (κ1) is 14.7. The van der Waals surface area contributed by atoms with Crippen molar-refractivity contribution in [1.29, 1.82) is 0 Å². The van der Waals surface area contributed by atoms with Gasteiger partial charge in [0.1, 0.15) is 5.82 Å². The molecule has 1 heterocycles. The number of benzene rings is 1. The van der Waals surface area contributed by atoms with Gasteiger partial charge in [0.2, 0.25) is 0 Å². The summed E-state index contributed by atoms with van der Waals surface area (Å²) >= 11 is 1.49. The summed E-state index contributed by atoms with van der Waals surface area (Å²) in [5, 5.41) is 6.56. The average molecular weight is 292 g/mol. The molecule has 20 heavy (non-hydrogen) atoms. The zero-order valence-corrected chi connectivity index (χ0v) is 12.3. The standard InChI is InChI=1S/C15H17FN2OS/c1-18(2)14(11-4-3-5-13(16)8-11)9-17-15(19)12-6-7-20-10-12/h3-8,10,14H,9H2,1-2H3,(H,17,19). The third-order valence-electron chi connectivity index (χ3n) is 3.10. The molecule has 2 aromatic rings. The predicted molar refractivity (Wildman–Crippen MR) is 79.5 cm³/mol. The number of hydrogen-bond acceptors (Lipinski definition) is 3. The Morgan fingerprint density at radius 3 is 2.80 bits per heavy atom. The van der Waals surface area contributed by atoms with Gasteiger partial charge in [-0.2, -0.15) is 11.3 Å². The molecule has 0 radical (unpaired) electrons. The maximum Gasteiger partial charge on any atom is 0.252 e. The fourth-order valence-electron chi connectivity index (χ4n) is 2.00. The second kappa shape index (κ2) is 6.63. The largest absolute Gasteiger partial charge is 0.350 e. The highest BCUT2D eigenvalue weighted by molar-refractivity contribution is 7.08. The molecule has 0 aliphatic carbocycles. The van der Waals surface area contributed by atoms with Gasteiger partial charge in [-0.3, -0.25) is 4.79 Å². The molecule has 0 saturated carbocycles. The Morgan fingerprint density at radius 2 is 2.20 bits per heavy atom. The Labute approximate surface area is 122 Å². The van der Waals surface area contributed by atoms with E-state index >= 15 is 0 Å². The van der Waals surface area contributed by atoms with Crippen molar-refractivity contribution < 1.29 is 9.18 Å². The van der Waals surface area contributed by atoms with Gasteiger partial charge >= 0.3 is 0 Å².